The molecular formula is C11H21N3O2. The molecule has 16 heavy (non-hydrogen) atoms. The molecule has 0 saturated heterocycles. The van der Waals surface area contributed by atoms with Crippen LogP contribution in [0.4, 0.5) is 0 Å². The van der Waals surface area contributed by atoms with Gasteiger partial charge in [0.1, 0.15) is 6.04 Å². The second kappa shape index (κ2) is 7.87. The summed E-state index contributed by atoms with van der Waals surface area (Å²) in [6.07, 6.45) is 3.33. The first-order valence-electron chi connectivity index (χ1n) is 5.23. The van der Waals surface area contributed by atoms with E-state index in [0.29, 0.717) is 18.8 Å². The SMILES string of the molecule is COC(=O)[C@@H](N)CCC=C(C)CN=C(C)N. The van der Waals surface area contributed by atoms with Gasteiger partial charge in [-0.15, -0.1) is 0 Å². The molecule has 0 aromatic heterocycles. The lowest BCUT2D eigenvalue weighted by Crippen LogP contribution is -2.31. The summed E-state index contributed by atoms with van der Waals surface area (Å²) in [7, 11) is 1.34. The van der Waals surface area contributed by atoms with Crippen LogP contribution in [0.15, 0.2) is 16.6 Å². The van der Waals surface area contributed by atoms with Crippen LogP contribution in [-0.4, -0.2) is 31.5 Å². The number of hydrogen-bond donors (Lipinski definition) is 2. The van der Waals surface area contributed by atoms with Crippen LogP contribution >= 0.6 is 0 Å². The van der Waals surface area contributed by atoms with E-state index in [9.17, 15) is 4.79 Å². The summed E-state index contributed by atoms with van der Waals surface area (Å²) in [5.74, 6) is 0.195. The maximum Gasteiger partial charge on any atom is 0.322 e. The van der Waals surface area contributed by atoms with Gasteiger partial charge in [0.15, 0.2) is 0 Å². The van der Waals surface area contributed by atoms with Gasteiger partial charge in [-0.1, -0.05) is 11.6 Å². The molecule has 0 aliphatic rings. The lowest BCUT2D eigenvalue weighted by Gasteiger charge is -2.07. The molecule has 1 atom stereocenters. The average Bonchev–Trinajstić information content (AvgIpc) is 2.24. The number of ether oxygens (including phenoxy) is 1. The van der Waals surface area contributed by atoms with Gasteiger partial charge < -0.3 is 16.2 Å². The zero-order valence-electron chi connectivity index (χ0n) is 10.2. The van der Waals surface area contributed by atoms with E-state index in [4.69, 9.17) is 11.5 Å². The number of carbonyl (C=O) groups is 1. The number of allylic oxidation sites excluding steroid dienone is 1. The topological polar surface area (TPSA) is 90.7 Å². The first-order chi connectivity index (χ1) is 7.47. The fraction of sp³-hybridized carbons (Fsp3) is 0.636. The summed E-state index contributed by atoms with van der Waals surface area (Å²) in [6, 6.07) is -0.547. The maximum absolute atomic E-state index is 11.0. The van der Waals surface area contributed by atoms with Gasteiger partial charge in [-0.25, -0.2) is 0 Å². The molecule has 0 spiro atoms. The average molecular weight is 227 g/mol. The van der Waals surface area contributed by atoms with E-state index in [1.165, 1.54) is 7.11 Å². The van der Waals surface area contributed by atoms with Gasteiger partial charge in [-0.05, 0) is 26.7 Å². The Morgan fingerprint density at radius 2 is 2.12 bits per heavy atom. The van der Waals surface area contributed by atoms with E-state index >= 15 is 0 Å². The zero-order valence-corrected chi connectivity index (χ0v) is 10.2. The summed E-state index contributed by atoms with van der Waals surface area (Å²) in [4.78, 5) is 15.1. The molecule has 0 aromatic rings. The molecule has 5 heteroatoms. The number of aliphatic imine (C=N–C) groups is 1. The fourth-order valence-corrected chi connectivity index (χ4v) is 1.09. The monoisotopic (exact) mass is 227 g/mol. The fourth-order valence-electron chi connectivity index (χ4n) is 1.09. The third-order valence-electron chi connectivity index (χ3n) is 2.05. The highest BCUT2D eigenvalue weighted by Gasteiger charge is 2.11. The highest BCUT2D eigenvalue weighted by Crippen LogP contribution is 2.02. The van der Waals surface area contributed by atoms with Gasteiger partial charge in [0, 0.05) is 0 Å². The molecule has 5 nitrogen and oxygen atoms in total. The van der Waals surface area contributed by atoms with Crippen molar-refractivity contribution in [1.29, 1.82) is 0 Å². The Bertz CT molecular complexity index is 281. The van der Waals surface area contributed by atoms with Crippen molar-refractivity contribution in [2.45, 2.75) is 32.7 Å². The summed E-state index contributed by atoms with van der Waals surface area (Å²) < 4.78 is 4.53. The van der Waals surface area contributed by atoms with Crippen LogP contribution in [0.2, 0.25) is 0 Å². The molecular weight excluding hydrogens is 206 g/mol. The minimum Gasteiger partial charge on any atom is -0.468 e. The van der Waals surface area contributed by atoms with Crippen molar-refractivity contribution in [1.82, 2.24) is 0 Å². The van der Waals surface area contributed by atoms with Crippen LogP contribution in [-0.2, 0) is 9.53 Å². The summed E-state index contributed by atoms with van der Waals surface area (Å²) in [6.45, 7) is 4.31. The van der Waals surface area contributed by atoms with Crippen molar-refractivity contribution in [3.63, 3.8) is 0 Å². The van der Waals surface area contributed by atoms with Gasteiger partial charge in [0.2, 0.25) is 0 Å². The van der Waals surface area contributed by atoms with Crippen molar-refractivity contribution in [3.8, 4) is 0 Å². The Kier molecular flexibility index (Phi) is 7.20. The van der Waals surface area contributed by atoms with Crippen molar-refractivity contribution < 1.29 is 9.53 Å². The third-order valence-corrected chi connectivity index (χ3v) is 2.05. The van der Waals surface area contributed by atoms with Gasteiger partial charge in [-0.2, -0.15) is 0 Å². The summed E-state index contributed by atoms with van der Waals surface area (Å²) in [5, 5.41) is 0. The molecule has 0 aliphatic heterocycles. The second-order valence-electron chi connectivity index (χ2n) is 3.72. The van der Waals surface area contributed by atoms with Crippen molar-refractivity contribution in [3.05, 3.63) is 11.6 Å². The van der Waals surface area contributed by atoms with Gasteiger partial charge in [0.25, 0.3) is 0 Å². The highest BCUT2D eigenvalue weighted by atomic mass is 16.5. The highest BCUT2D eigenvalue weighted by molar-refractivity contribution is 5.77. The number of nitrogens with zero attached hydrogens (tertiary/aromatic N) is 1. The van der Waals surface area contributed by atoms with Crippen molar-refractivity contribution in [2.24, 2.45) is 16.5 Å². The first kappa shape index (κ1) is 14.6. The zero-order chi connectivity index (χ0) is 12.6. The largest absolute Gasteiger partial charge is 0.468 e. The van der Waals surface area contributed by atoms with E-state index in [2.05, 4.69) is 9.73 Å². The minimum atomic E-state index is -0.547. The predicted octanol–water partition coefficient (Wildman–Crippen LogP) is 0.590. The van der Waals surface area contributed by atoms with Crippen LogP contribution in [0.1, 0.15) is 26.7 Å². The van der Waals surface area contributed by atoms with Gasteiger partial charge in [-0.3, -0.25) is 9.79 Å². The van der Waals surface area contributed by atoms with Crippen LogP contribution in [0.5, 0.6) is 0 Å². The maximum atomic E-state index is 11.0. The Balaban J connectivity index is 3.91. The summed E-state index contributed by atoms with van der Waals surface area (Å²) in [5.41, 5.74) is 12.1. The molecule has 0 unspecified atom stereocenters. The second-order valence-corrected chi connectivity index (χ2v) is 3.72. The number of methoxy groups -OCH3 is 1. The van der Waals surface area contributed by atoms with E-state index in [1.54, 1.807) is 6.92 Å². The van der Waals surface area contributed by atoms with Crippen molar-refractivity contribution >= 4 is 11.8 Å². The van der Waals surface area contributed by atoms with Gasteiger partial charge >= 0.3 is 5.97 Å². The molecule has 0 aromatic carbocycles. The molecule has 0 saturated carbocycles. The number of esters is 1. The number of rotatable bonds is 6. The van der Waals surface area contributed by atoms with Crippen LogP contribution < -0.4 is 11.5 Å². The Hall–Kier alpha value is -1.36. The Morgan fingerprint density at radius 1 is 1.50 bits per heavy atom. The summed E-state index contributed by atoms with van der Waals surface area (Å²) >= 11 is 0. The predicted molar refractivity (Wildman–Crippen MR) is 65.1 cm³/mol. The molecule has 0 amide bonds. The lowest BCUT2D eigenvalue weighted by atomic mass is 10.1. The minimum absolute atomic E-state index is 0.373. The van der Waals surface area contributed by atoms with Crippen LogP contribution in [0, 0.1) is 0 Å². The number of carbonyl (C=O) groups excluding carboxylic acids is 1. The number of nitrogens with two attached hydrogens (primary N) is 2. The number of hydrogen-bond acceptors (Lipinski definition) is 4. The molecule has 0 aliphatic carbocycles. The van der Waals surface area contributed by atoms with Crippen molar-refractivity contribution in [2.75, 3.05) is 13.7 Å². The Labute approximate surface area is 96.5 Å². The Morgan fingerprint density at radius 3 is 2.62 bits per heavy atom. The number of amidine groups is 1. The molecule has 92 valence electrons. The van der Waals surface area contributed by atoms with Crippen LogP contribution in [0.3, 0.4) is 0 Å². The molecule has 0 bridgehead atoms. The first-order valence-corrected chi connectivity index (χ1v) is 5.23. The molecule has 0 radical (unpaired) electrons. The molecule has 0 heterocycles. The quantitative estimate of drug-likeness (QED) is 0.301. The molecule has 0 rings (SSSR count). The van der Waals surface area contributed by atoms with E-state index in [0.717, 1.165) is 12.0 Å². The van der Waals surface area contributed by atoms with E-state index < -0.39 is 6.04 Å². The third kappa shape index (κ3) is 7.00. The van der Waals surface area contributed by atoms with Gasteiger partial charge in [0.05, 0.1) is 19.5 Å². The lowest BCUT2D eigenvalue weighted by molar-refractivity contribution is -0.142. The smallest absolute Gasteiger partial charge is 0.322 e. The molecule has 4 N–H and O–H groups in total. The van der Waals surface area contributed by atoms with E-state index in [-0.39, 0.29) is 5.97 Å². The van der Waals surface area contributed by atoms with E-state index in [1.807, 2.05) is 13.0 Å². The standard InChI is InChI=1S/C11H21N3O2/c1-8(7-14-9(2)12)5-4-6-10(13)11(15)16-3/h5,10H,4,6-7,13H2,1-3H3,(H2,12,14)/t10-/m0/s1. The normalized spacial score (nSPS) is 14.8. The van der Waals surface area contributed by atoms with Crippen LogP contribution in [0.25, 0.3) is 0 Å². The molecule has 0 fully saturated rings.